The van der Waals surface area contributed by atoms with Crippen molar-refractivity contribution in [2.45, 2.75) is 22.6 Å². The number of hydrogen-bond donors (Lipinski definition) is 1. The minimum Gasteiger partial charge on any atom is -0.326 e. The molecule has 1 atom stereocenters. The van der Waals surface area contributed by atoms with E-state index in [0.29, 0.717) is 18.5 Å². The number of halogens is 1. The Morgan fingerprint density at radius 1 is 1.00 bits per heavy atom. The fraction of sp³-hybridized carbons (Fsp3) is 0.350. The maximum absolute atomic E-state index is 13.1. The third kappa shape index (κ3) is 5.12. The average Bonchev–Trinajstić information content (AvgIpc) is 2.74. The summed E-state index contributed by atoms with van der Waals surface area (Å²) in [6.07, 6.45) is 1.03. The van der Waals surface area contributed by atoms with Gasteiger partial charge in [0.15, 0.2) is 0 Å². The summed E-state index contributed by atoms with van der Waals surface area (Å²) in [6.45, 7) is 0.291. The van der Waals surface area contributed by atoms with Crippen molar-refractivity contribution in [3.8, 4) is 0 Å². The predicted octanol–water partition coefficient (Wildman–Crippen LogP) is 2.12. The Balaban J connectivity index is 1.69. The number of nitrogens with one attached hydrogen (secondary N) is 1. The van der Waals surface area contributed by atoms with Crippen molar-refractivity contribution in [3.63, 3.8) is 0 Å². The molecule has 0 saturated carbocycles. The standard InChI is InChI=1S/C20H24FN3O5S2/c1-23(2)30(26,27)18-11-7-17(8-12-18)22-20(25)15-4-3-13-24(14-15)31(28,29)19-9-5-16(21)6-10-19/h5-12,15H,3-4,13-14H2,1-2H3,(H,22,25). The van der Waals surface area contributed by atoms with Crippen molar-refractivity contribution < 1.29 is 26.0 Å². The van der Waals surface area contributed by atoms with Gasteiger partial charge in [0.1, 0.15) is 5.82 Å². The minimum absolute atomic E-state index is 0.0125. The first-order chi connectivity index (χ1) is 14.5. The minimum atomic E-state index is -3.83. The Labute approximate surface area is 181 Å². The van der Waals surface area contributed by atoms with Gasteiger partial charge in [-0.2, -0.15) is 4.31 Å². The predicted molar refractivity (Wildman–Crippen MR) is 114 cm³/mol. The number of hydrogen-bond acceptors (Lipinski definition) is 5. The SMILES string of the molecule is CN(C)S(=O)(=O)c1ccc(NC(=O)C2CCCN(S(=O)(=O)c3ccc(F)cc3)C2)cc1. The molecule has 2 aromatic carbocycles. The number of anilines is 1. The molecule has 1 saturated heterocycles. The molecule has 1 aliphatic heterocycles. The van der Waals surface area contributed by atoms with E-state index in [1.165, 1.54) is 54.8 Å². The number of carbonyl (C=O) groups excluding carboxylic acids is 1. The number of carbonyl (C=O) groups is 1. The lowest BCUT2D eigenvalue weighted by Gasteiger charge is -2.31. The van der Waals surface area contributed by atoms with Crippen LogP contribution in [0.15, 0.2) is 58.3 Å². The molecule has 3 rings (SSSR count). The number of nitrogens with zero attached hydrogens (tertiary/aromatic N) is 2. The number of benzene rings is 2. The van der Waals surface area contributed by atoms with Crippen molar-refractivity contribution >= 4 is 31.6 Å². The fourth-order valence-electron chi connectivity index (χ4n) is 3.30. The number of sulfonamides is 2. The molecule has 1 aliphatic rings. The highest BCUT2D eigenvalue weighted by Gasteiger charge is 2.33. The highest BCUT2D eigenvalue weighted by molar-refractivity contribution is 7.89. The van der Waals surface area contributed by atoms with Crippen LogP contribution in [0.4, 0.5) is 10.1 Å². The van der Waals surface area contributed by atoms with Gasteiger partial charge in [0.05, 0.1) is 15.7 Å². The monoisotopic (exact) mass is 469 g/mol. The Morgan fingerprint density at radius 2 is 1.58 bits per heavy atom. The van der Waals surface area contributed by atoms with Crippen molar-refractivity contribution in [1.29, 1.82) is 0 Å². The van der Waals surface area contributed by atoms with E-state index in [0.717, 1.165) is 16.4 Å². The van der Waals surface area contributed by atoms with E-state index >= 15 is 0 Å². The fourth-order valence-corrected chi connectivity index (χ4v) is 5.72. The van der Waals surface area contributed by atoms with E-state index in [-0.39, 0.29) is 28.8 Å². The van der Waals surface area contributed by atoms with Crippen molar-refractivity contribution in [1.82, 2.24) is 8.61 Å². The van der Waals surface area contributed by atoms with Crippen molar-refractivity contribution in [3.05, 3.63) is 54.3 Å². The molecule has 11 heteroatoms. The van der Waals surface area contributed by atoms with Gasteiger partial charge in [0, 0.05) is 32.9 Å². The lowest BCUT2D eigenvalue weighted by Crippen LogP contribution is -2.43. The van der Waals surface area contributed by atoms with Gasteiger partial charge < -0.3 is 5.32 Å². The smallest absolute Gasteiger partial charge is 0.243 e. The van der Waals surface area contributed by atoms with Crippen LogP contribution in [-0.2, 0) is 24.8 Å². The zero-order valence-electron chi connectivity index (χ0n) is 17.2. The third-order valence-electron chi connectivity index (χ3n) is 5.11. The summed E-state index contributed by atoms with van der Waals surface area (Å²) in [5.41, 5.74) is 0.418. The van der Waals surface area contributed by atoms with Gasteiger partial charge in [-0.15, -0.1) is 0 Å². The molecule has 0 aliphatic carbocycles. The van der Waals surface area contributed by atoms with Crippen molar-refractivity contribution in [2.75, 3.05) is 32.5 Å². The second-order valence-corrected chi connectivity index (χ2v) is 11.5. The van der Waals surface area contributed by atoms with E-state index < -0.39 is 31.8 Å². The van der Waals surface area contributed by atoms with Gasteiger partial charge in [0.25, 0.3) is 0 Å². The Morgan fingerprint density at radius 3 is 2.16 bits per heavy atom. The van der Waals surface area contributed by atoms with Crippen LogP contribution in [0.1, 0.15) is 12.8 Å². The lowest BCUT2D eigenvalue weighted by molar-refractivity contribution is -0.120. The first-order valence-electron chi connectivity index (χ1n) is 9.61. The maximum Gasteiger partial charge on any atom is 0.243 e. The largest absolute Gasteiger partial charge is 0.326 e. The average molecular weight is 470 g/mol. The van der Waals surface area contributed by atoms with Crippen LogP contribution in [0.25, 0.3) is 0 Å². The topological polar surface area (TPSA) is 104 Å². The highest BCUT2D eigenvalue weighted by atomic mass is 32.2. The molecule has 0 bridgehead atoms. The zero-order valence-corrected chi connectivity index (χ0v) is 18.8. The molecule has 2 aromatic rings. The van der Waals surface area contributed by atoms with E-state index in [1.807, 2.05) is 0 Å². The second kappa shape index (κ2) is 9.03. The summed E-state index contributed by atoms with van der Waals surface area (Å²) in [6, 6.07) is 10.4. The van der Waals surface area contributed by atoms with E-state index in [1.54, 1.807) is 0 Å². The van der Waals surface area contributed by atoms with Crippen LogP contribution in [0.3, 0.4) is 0 Å². The van der Waals surface area contributed by atoms with Crippen LogP contribution >= 0.6 is 0 Å². The maximum atomic E-state index is 13.1. The first-order valence-corrected chi connectivity index (χ1v) is 12.5. The molecule has 1 heterocycles. The Hall–Kier alpha value is -2.34. The van der Waals surface area contributed by atoms with Gasteiger partial charge in [0.2, 0.25) is 26.0 Å². The van der Waals surface area contributed by atoms with E-state index in [2.05, 4.69) is 5.32 Å². The van der Waals surface area contributed by atoms with E-state index in [9.17, 15) is 26.0 Å². The van der Waals surface area contributed by atoms with Gasteiger partial charge in [-0.25, -0.2) is 25.5 Å². The summed E-state index contributed by atoms with van der Waals surface area (Å²) in [7, 11) is -4.54. The van der Waals surface area contributed by atoms with E-state index in [4.69, 9.17) is 0 Å². The molecule has 0 radical (unpaired) electrons. The molecule has 168 valence electrons. The molecular formula is C20H24FN3O5S2. The quantitative estimate of drug-likeness (QED) is 0.698. The summed E-state index contributed by atoms with van der Waals surface area (Å²) in [5, 5.41) is 2.72. The van der Waals surface area contributed by atoms with Gasteiger partial charge in [-0.05, 0) is 61.4 Å². The molecule has 0 spiro atoms. The molecule has 31 heavy (non-hydrogen) atoms. The summed E-state index contributed by atoms with van der Waals surface area (Å²) in [4.78, 5) is 12.8. The number of amides is 1. The molecular weight excluding hydrogens is 445 g/mol. The summed E-state index contributed by atoms with van der Waals surface area (Å²) in [5.74, 6) is -1.43. The molecule has 8 nitrogen and oxygen atoms in total. The number of rotatable bonds is 6. The molecule has 1 fully saturated rings. The van der Waals surface area contributed by atoms with Crippen molar-refractivity contribution in [2.24, 2.45) is 5.92 Å². The molecule has 1 N–H and O–H groups in total. The van der Waals surface area contributed by atoms with Crippen LogP contribution in [0.2, 0.25) is 0 Å². The molecule has 0 aromatic heterocycles. The Bertz CT molecular complexity index is 1150. The van der Waals surface area contributed by atoms with Gasteiger partial charge in [-0.3, -0.25) is 4.79 Å². The lowest BCUT2D eigenvalue weighted by atomic mass is 9.99. The van der Waals surface area contributed by atoms with Crippen LogP contribution < -0.4 is 5.32 Å². The molecule has 1 amide bonds. The number of piperidine rings is 1. The van der Waals surface area contributed by atoms with Gasteiger partial charge >= 0.3 is 0 Å². The van der Waals surface area contributed by atoms with Crippen LogP contribution in [0.5, 0.6) is 0 Å². The Kier molecular flexibility index (Phi) is 6.79. The first kappa shape index (κ1) is 23.3. The third-order valence-corrected chi connectivity index (χ3v) is 8.82. The zero-order chi connectivity index (χ0) is 22.8. The van der Waals surface area contributed by atoms with Crippen LogP contribution in [0, 0.1) is 11.7 Å². The second-order valence-electron chi connectivity index (χ2n) is 7.46. The normalized spacial score (nSPS) is 18.1. The van der Waals surface area contributed by atoms with Gasteiger partial charge in [-0.1, -0.05) is 0 Å². The summed E-state index contributed by atoms with van der Waals surface area (Å²) >= 11 is 0. The highest BCUT2D eigenvalue weighted by Crippen LogP contribution is 2.25. The van der Waals surface area contributed by atoms with Crippen LogP contribution in [-0.4, -0.2) is 58.5 Å². The molecule has 1 unspecified atom stereocenters. The summed E-state index contributed by atoms with van der Waals surface area (Å²) < 4.78 is 65.4.